The SMILES string of the molecule is Oc1ccc(O)n1C1CCC(N2CCN(c3cccc(C(F)(F)F)c3)CC2)CC1. The smallest absolute Gasteiger partial charge is 0.416 e. The summed E-state index contributed by atoms with van der Waals surface area (Å²) in [6, 6.07) is 9.12. The number of anilines is 1. The number of piperazine rings is 1. The highest BCUT2D eigenvalue weighted by Gasteiger charge is 2.32. The number of nitrogens with zero attached hydrogens (tertiary/aromatic N) is 3. The van der Waals surface area contributed by atoms with E-state index in [1.165, 1.54) is 24.3 Å². The van der Waals surface area contributed by atoms with Gasteiger partial charge in [-0.3, -0.25) is 9.47 Å². The van der Waals surface area contributed by atoms with Crippen LogP contribution in [0.25, 0.3) is 0 Å². The van der Waals surface area contributed by atoms with Crippen molar-refractivity contribution in [3.63, 3.8) is 0 Å². The molecule has 29 heavy (non-hydrogen) atoms. The Hall–Kier alpha value is -2.35. The van der Waals surface area contributed by atoms with Crippen molar-refractivity contribution in [1.29, 1.82) is 0 Å². The topological polar surface area (TPSA) is 51.9 Å². The van der Waals surface area contributed by atoms with Gasteiger partial charge in [0.05, 0.1) is 5.56 Å². The largest absolute Gasteiger partial charge is 0.494 e. The molecular formula is C21H26F3N3O2. The number of rotatable bonds is 3. The second-order valence-electron chi connectivity index (χ2n) is 7.95. The Morgan fingerprint density at radius 2 is 1.38 bits per heavy atom. The number of benzene rings is 1. The Kier molecular flexibility index (Phi) is 5.38. The van der Waals surface area contributed by atoms with Gasteiger partial charge in [0.15, 0.2) is 11.8 Å². The van der Waals surface area contributed by atoms with Crippen molar-refractivity contribution in [3.05, 3.63) is 42.0 Å². The summed E-state index contributed by atoms with van der Waals surface area (Å²) < 4.78 is 40.5. The van der Waals surface area contributed by atoms with E-state index in [-0.39, 0.29) is 17.8 Å². The first-order chi connectivity index (χ1) is 13.8. The zero-order valence-electron chi connectivity index (χ0n) is 16.1. The maximum atomic E-state index is 13.0. The second kappa shape index (κ2) is 7.82. The molecule has 8 heteroatoms. The highest BCUT2D eigenvalue weighted by molar-refractivity contribution is 5.49. The van der Waals surface area contributed by atoms with Crippen molar-refractivity contribution in [2.75, 3.05) is 31.1 Å². The van der Waals surface area contributed by atoms with Crippen molar-refractivity contribution >= 4 is 5.69 Å². The Labute approximate surface area is 168 Å². The molecule has 2 aromatic rings. The first-order valence-electron chi connectivity index (χ1n) is 10.1. The first kappa shape index (κ1) is 19.9. The molecule has 2 heterocycles. The fourth-order valence-corrected chi connectivity index (χ4v) is 4.71. The third kappa shape index (κ3) is 4.17. The third-order valence-corrected chi connectivity index (χ3v) is 6.28. The van der Waals surface area contributed by atoms with Crippen LogP contribution in [0.4, 0.5) is 18.9 Å². The van der Waals surface area contributed by atoms with Gasteiger partial charge in [0, 0.05) is 56.1 Å². The molecule has 2 aliphatic rings. The van der Waals surface area contributed by atoms with Crippen LogP contribution in [-0.4, -0.2) is 51.9 Å². The average Bonchev–Trinajstić information content (AvgIpc) is 3.06. The van der Waals surface area contributed by atoms with E-state index in [1.807, 2.05) is 4.90 Å². The molecule has 1 aliphatic heterocycles. The molecule has 1 saturated carbocycles. The lowest BCUT2D eigenvalue weighted by atomic mass is 9.89. The van der Waals surface area contributed by atoms with Crippen molar-refractivity contribution in [1.82, 2.24) is 9.47 Å². The second-order valence-corrected chi connectivity index (χ2v) is 7.95. The van der Waals surface area contributed by atoms with Crippen LogP contribution >= 0.6 is 0 Å². The van der Waals surface area contributed by atoms with Crippen LogP contribution in [0, 0.1) is 0 Å². The molecule has 0 bridgehead atoms. The number of aromatic hydroxyl groups is 2. The number of alkyl halides is 3. The monoisotopic (exact) mass is 409 g/mol. The summed E-state index contributed by atoms with van der Waals surface area (Å²) in [5.41, 5.74) is 0.0222. The van der Waals surface area contributed by atoms with E-state index in [9.17, 15) is 23.4 Å². The minimum atomic E-state index is -4.32. The van der Waals surface area contributed by atoms with Gasteiger partial charge < -0.3 is 15.1 Å². The van der Waals surface area contributed by atoms with Crippen LogP contribution in [0.15, 0.2) is 36.4 Å². The van der Waals surface area contributed by atoms with E-state index in [1.54, 1.807) is 10.6 Å². The predicted octanol–water partition coefficient (Wildman–Crippen LogP) is 4.22. The molecule has 0 atom stereocenters. The van der Waals surface area contributed by atoms with Gasteiger partial charge in [-0.05, 0) is 43.9 Å². The number of hydrogen-bond acceptors (Lipinski definition) is 4. The summed E-state index contributed by atoms with van der Waals surface area (Å²) in [7, 11) is 0. The van der Waals surface area contributed by atoms with Gasteiger partial charge in [-0.1, -0.05) is 6.07 Å². The summed E-state index contributed by atoms with van der Waals surface area (Å²) in [5, 5.41) is 19.8. The minimum Gasteiger partial charge on any atom is -0.494 e. The molecule has 0 radical (unpaired) electrons. The summed E-state index contributed by atoms with van der Waals surface area (Å²) in [5.74, 6) is 0.196. The van der Waals surface area contributed by atoms with E-state index < -0.39 is 11.7 Å². The van der Waals surface area contributed by atoms with Crippen LogP contribution < -0.4 is 4.90 Å². The van der Waals surface area contributed by atoms with Gasteiger partial charge in [0.25, 0.3) is 0 Å². The molecule has 5 nitrogen and oxygen atoms in total. The Balaban J connectivity index is 1.32. The molecular weight excluding hydrogens is 383 g/mol. The van der Waals surface area contributed by atoms with Gasteiger partial charge in [-0.25, -0.2) is 0 Å². The van der Waals surface area contributed by atoms with Crippen LogP contribution in [0.3, 0.4) is 0 Å². The van der Waals surface area contributed by atoms with Gasteiger partial charge in [0.2, 0.25) is 0 Å². The van der Waals surface area contributed by atoms with E-state index >= 15 is 0 Å². The molecule has 4 rings (SSSR count). The number of halogens is 3. The molecule has 2 N–H and O–H groups in total. The van der Waals surface area contributed by atoms with Crippen LogP contribution in [-0.2, 0) is 6.18 Å². The maximum absolute atomic E-state index is 13.0. The zero-order valence-corrected chi connectivity index (χ0v) is 16.1. The lowest BCUT2D eigenvalue weighted by Crippen LogP contribution is -2.51. The van der Waals surface area contributed by atoms with Gasteiger partial charge in [-0.15, -0.1) is 0 Å². The van der Waals surface area contributed by atoms with Gasteiger partial charge >= 0.3 is 6.18 Å². The normalized spacial score (nSPS) is 24.0. The van der Waals surface area contributed by atoms with E-state index in [0.29, 0.717) is 24.8 Å². The van der Waals surface area contributed by atoms with Crippen LogP contribution in [0.5, 0.6) is 11.8 Å². The predicted molar refractivity (Wildman–Crippen MR) is 104 cm³/mol. The quantitative estimate of drug-likeness (QED) is 0.797. The summed E-state index contributed by atoms with van der Waals surface area (Å²) in [6.07, 6.45) is -0.599. The molecule has 2 fully saturated rings. The zero-order chi connectivity index (χ0) is 20.6. The van der Waals surface area contributed by atoms with Crippen molar-refractivity contribution in [3.8, 4) is 11.8 Å². The molecule has 0 unspecified atom stereocenters. The fourth-order valence-electron chi connectivity index (χ4n) is 4.71. The number of aromatic nitrogens is 1. The van der Waals surface area contributed by atoms with E-state index in [0.717, 1.165) is 44.8 Å². The standard InChI is InChI=1S/C21H26F3N3O2/c22-21(23,24)15-2-1-3-18(14-15)26-12-10-25(11-13-26)16-4-6-17(7-5-16)27-19(28)8-9-20(27)29/h1-3,8-9,14,16-17,28-29H,4-7,10-13H2. The maximum Gasteiger partial charge on any atom is 0.416 e. The summed E-state index contributed by atoms with van der Waals surface area (Å²) >= 11 is 0. The Morgan fingerprint density at radius 1 is 0.793 bits per heavy atom. The summed E-state index contributed by atoms with van der Waals surface area (Å²) in [6.45, 7) is 3.07. The Bertz CT molecular complexity index is 816. The molecule has 1 aliphatic carbocycles. The first-order valence-corrected chi connectivity index (χ1v) is 10.1. The van der Waals surface area contributed by atoms with Gasteiger partial charge in [-0.2, -0.15) is 13.2 Å². The van der Waals surface area contributed by atoms with Crippen molar-refractivity contribution in [2.45, 2.75) is 43.9 Å². The minimum absolute atomic E-state index is 0.0978. The Morgan fingerprint density at radius 3 is 1.97 bits per heavy atom. The highest BCUT2D eigenvalue weighted by Crippen LogP contribution is 2.38. The molecule has 1 saturated heterocycles. The molecule has 158 valence electrons. The molecule has 0 amide bonds. The van der Waals surface area contributed by atoms with Crippen molar-refractivity contribution < 1.29 is 23.4 Å². The summed E-state index contributed by atoms with van der Waals surface area (Å²) in [4.78, 5) is 4.45. The fraction of sp³-hybridized carbons (Fsp3) is 0.524. The molecule has 0 spiro atoms. The van der Waals surface area contributed by atoms with Crippen molar-refractivity contribution in [2.24, 2.45) is 0 Å². The van der Waals surface area contributed by atoms with Crippen LogP contribution in [0.2, 0.25) is 0 Å². The third-order valence-electron chi connectivity index (χ3n) is 6.28. The molecule has 1 aromatic heterocycles. The highest BCUT2D eigenvalue weighted by atomic mass is 19.4. The van der Waals surface area contributed by atoms with Gasteiger partial charge in [0.1, 0.15) is 0 Å². The van der Waals surface area contributed by atoms with E-state index in [2.05, 4.69) is 4.90 Å². The molecule has 1 aromatic carbocycles. The lowest BCUT2D eigenvalue weighted by molar-refractivity contribution is -0.137. The number of hydrogen-bond donors (Lipinski definition) is 2. The van der Waals surface area contributed by atoms with Crippen LogP contribution in [0.1, 0.15) is 37.3 Å². The lowest BCUT2D eigenvalue weighted by Gasteiger charge is -2.43. The average molecular weight is 409 g/mol. The van der Waals surface area contributed by atoms with E-state index in [4.69, 9.17) is 0 Å².